The van der Waals surface area contributed by atoms with E-state index in [2.05, 4.69) is 16.0 Å². The molecular weight excluding hydrogens is 378 g/mol. The molecular formula is C20H21N3O6. The number of benzene rings is 2. The van der Waals surface area contributed by atoms with Crippen LogP contribution < -0.4 is 30.2 Å². The van der Waals surface area contributed by atoms with Crippen molar-refractivity contribution in [3.8, 4) is 17.2 Å². The molecule has 0 aromatic heterocycles. The Bertz CT molecular complexity index is 898. The summed E-state index contributed by atoms with van der Waals surface area (Å²) in [5.41, 5.74) is 0.988. The second-order valence-electron chi connectivity index (χ2n) is 6.17. The lowest BCUT2D eigenvalue weighted by Gasteiger charge is -2.09. The van der Waals surface area contributed by atoms with Crippen LogP contribution in [0.5, 0.6) is 17.2 Å². The Kier molecular flexibility index (Phi) is 6.51. The van der Waals surface area contributed by atoms with Gasteiger partial charge in [0.25, 0.3) is 11.8 Å². The summed E-state index contributed by atoms with van der Waals surface area (Å²) in [5, 5.41) is 7.98. The van der Waals surface area contributed by atoms with Gasteiger partial charge in [0, 0.05) is 37.3 Å². The van der Waals surface area contributed by atoms with Crippen molar-refractivity contribution < 1.29 is 28.6 Å². The third-order valence-corrected chi connectivity index (χ3v) is 3.93. The lowest BCUT2D eigenvalue weighted by molar-refractivity contribution is -0.119. The summed E-state index contributed by atoms with van der Waals surface area (Å²) in [6.07, 6.45) is 0. The first-order chi connectivity index (χ1) is 14.0. The summed E-state index contributed by atoms with van der Waals surface area (Å²) >= 11 is 0. The highest BCUT2D eigenvalue weighted by molar-refractivity contribution is 5.96. The number of rotatable bonds is 8. The number of carbonyl (C=O) groups excluding carboxylic acids is 3. The maximum absolute atomic E-state index is 12.1. The van der Waals surface area contributed by atoms with E-state index in [0.717, 1.165) is 0 Å². The van der Waals surface area contributed by atoms with Crippen molar-refractivity contribution in [3.05, 3.63) is 48.0 Å². The molecule has 3 rings (SSSR count). The molecule has 0 saturated carbocycles. The average molecular weight is 399 g/mol. The fraction of sp³-hybridized carbons (Fsp3) is 0.250. The number of hydrogen-bond acceptors (Lipinski definition) is 6. The summed E-state index contributed by atoms with van der Waals surface area (Å²) in [4.78, 5) is 34.9. The minimum atomic E-state index is -0.338. The maximum Gasteiger partial charge on any atom is 0.262 e. The van der Waals surface area contributed by atoms with Crippen molar-refractivity contribution in [1.82, 2.24) is 10.6 Å². The summed E-state index contributed by atoms with van der Waals surface area (Å²) in [5.74, 6) is 0.960. The molecule has 0 aliphatic carbocycles. The summed E-state index contributed by atoms with van der Waals surface area (Å²) in [6.45, 7) is 2.09. The van der Waals surface area contributed by atoms with E-state index < -0.39 is 0 Å². The Labute approximate surface area is 167 Å². The summed E-state index contributed by atoms with van der Waals surface area (Å²) < 4.78 is 15.9. The zero-order chi connectivity index (χ0) is 20.6. The molecule has 9 heteroatoms. The van der Waals surface area contributed by atoms with Gasteiger partial charge >= 0.3 is 0 Å². The molecule has 0 atom stereocenters. The van der Waals surface area contributed by atoms with E-state index >= 15 is 0 Å². The SMILES string of the molecule is CC(=O)NCCNC(=O)c1ccc(NC(=O)COc2ccc3c(c2)OCO3)cc1. The number of nitrogens with one attached hydrogen (secondary N) is 3. The predicted molar refractivity (Wildman–Crippen MR) is 104 cm³/mol. The first-order valence-corrected chi connectivity index (χ1v) is 8.96. The van der Waals surface area contributed by atoms with Gasteiger partial charge in [0.1, 0.15) is 5.75 Å². The highest BCUT2D eigenvalue weighted by Gasteiger charge is 2.14. The second-order valence-corrected chi connectivity index (χ2v) is 6.17. The Balaban J connectivity index is 1.43. The number of amides is 3. The fourth-order valence-electron chi connectivity index (χ4n) is 2.53. The Morgan fingerprint density at radius 2 is 1.69 bits per heavy atom. The van der Waals surface area contributed by atoms with Gasteiger partial charge in [-0.2, -0.15) is 0 Å². The van der Waals surface area contributed by atoms with E-state index in [1.165, 1.54) is 6.92 Å². The van der Waals surface area contributed by atoms with Gasteiger partial charge in [-0.25, -0.2) is 0 Å². The van der Waals surface area contributed by atoms with Crippen LogP contribution in [0, 0.1) is 0 Å². The molecule has 0 fully saturated rings. The van der Waals surface area contributed by atoms with Crippen LogP contribution >= 0.6 is 0 Å². The van der Waals surface area contributed by atoms with Gasteiger partial charge in [-0.1, -0.05) is 0 Å². The third kappa shape index (κ3) is 5.86. The van der Waals surface area contributed by atoms with E-state index in [-0.39, 0.29) is 31.1 Å². The van der Waals surface area contributed by atoms with E-state index in [4.69, 9.17) is 14.2 Å². The number of fused-ring (bicyclic) bond motifs is 1. The number of ether oxygens (including phenoxy) is 3. The normalized spacial score (nSPS) is 11.5. The zero-order valence-corrected chi connectivity index (χ0v) is 15.8. The molecule has 29 heavy (non-hydrogen) atoms. The van der Waals surface area contributed by atoms with Crippen molar-refractivity contribution >= 4 is 23.4 Å². The molecule has 0 unspecified atom stereocenters. The van der Waals surface area contributed by atoms with Gasteiger partial charge in [0.05, 0.1) is 0 Å². The van der Waals surface area contributed by atoms with Gasteiger partial charge in [-0.15, -0.1) is 0 Å². The third-order valence-electron chi connectivity index (χ3n) is 3.93. The lowest BCUT2D eigenvalue weighted by Crippen LogP contribution is -2.33. The molecule has 1 heterocycles. The van der Waals surface area contributed by atoms with Crippen LogP contribution in [0.3, 0.4) is 0 Å². The van der Waals surface area contributed by atoms with Crippen LogP contribution in [0.1, 0.15) is 17.3 Å². The summed E-state index contributed by atoms with van der Waals surface area (Å²) in [7, 11) is 0. The topological polar surface area (TPSA) is 115 Å². The Morgan fingerprint density at radius 1 is 0.966 bits per heavy atom. The molecule has 152 valence electrons. The first-order valence-electron chi connectivity index (χ1n) is 8.96. The molecule has 0 spiro atoms. The predicted octanol–water partition coefficient (Wildman–Crippen LogP) is 1.30. The van der Waals surface area contributed by atoms with Gasteiger partial charge < -0.3 is 30.2 Å². The molecule has 1 aliphatic rings. The quantitative estimate of drug-likeness (QED) is 0.577. The van der Waals surface area contributed by atoms with E-state index in [1.807, 2.05) is 0 Å². The van der Waals surface area contributed by atoms with Crippen LogP contribution in [-0.2, 0) is 9.59 Å². The molecule has 0 radical (unpaired) electrons. The molecule has 2 aromatic rings. The van der Waals surface area contributed by atoms with Crippen LogP contribution in [-0.4, -0.2) is 44.2 Å². The highest BCUT2D eigenvalue weighted by atomic mass is 16.7. The van der Waals surface area contributed by atoms with Crippen molar-refractivity contribution in [2.45, 2.75) is 6.92 Å². The van der Waals surface area contributed by atoms with Gasteiger partial charge in [0.15, 0.2) is 18.1 Å². The van der Waals surface area contributed by atoms with Gasteiger partial charge in [0.2, 0.25) is 12.7 Å². The molecule has 9 nitrogen and oxygen atoms in total. The lowest BCUT2D eigenvalue weighted by atomic mass is 10.2. The van der Waals surface area contributed by atoms with E-state index in [9.17, 15) is 14.4 Å². The van der Waals surface area contributed by atoms with Gasteiger partial charge in [-0.3, -0.25) is 14.4 Å². The zero-order valence-electron chi connectivity index (χ0n) is 15.8. The standard InChI is InChI=1S/C20H21N3O6/c1-13(24)21-8-9-22-20(26)14-2-4-15(5-3-14)23-19(25)11-27-16-6-7-17-18(10-16)29-12-28-17/h2-7,10H,8-9,11-12H2,1H3,(H,21,24)(H,22,26)(H,23,25). The van der Waals surface area contributed by atoms with E-state index in [0.29, 0.717) is 41.6 Å². The fourth-order valence-corrected chi connectivity index (χ4v) is 2.53. The van der Waals surface area contributed by atoms with Crippen molar-refractivity contribution in [1.29, 1.82) is 0 Å². The minimum absolute atomic E-state index is 0.151. The number of carbonyl (C=O) groups is 3. The van der Waals surface area contributed by atoms with Gasteiger partial charge in [-0.05, 0) is 36.4 Å². The molecule has 0 bridgehead atoms. The molecule has 3 amide bonds. The average Bonchev–Trinajstić information content (AvgIpc) is 3.18. The van der Waals surface area contributed by atoms with E-state index in [1.54, 1.807) is 42.5 Å². The van der Waals surface area contributed by atoms with Crippen molar-refractivity contribution in [2.24, 2.45) is 0 Å². The molecule has 3 N–H and O–H groups in total. The Morgan fingerprint density at radius 3 is 2.45 bits per heavy atom. The van der Waals surface area contributed by atoms with Crippen LogP contribution in [0.4, 0.5) is 5.69 Å². The van der Waals surface area contributed by atoms with Crippen LogP contribution in [0.15, 0.2) is 42.5 Å². The number of anilines is 1. The molecule has 1 aliphatic heterocycles. The van der Waals surface area contributed by atoms with Crippen LogP contribution in [0.2, 0.25) is 0 Å². The van der Waals surface area contributed by atoms with Crippen molar-refractivity contribution in [3.63, 3.8) is 0 Å². The Hall–Kier alpha value is -3.75. The molecule has 0 saturated heterocycles. The maximum atomic E-state index is 12.1. The largest absolute Gasteiger partial charge is 0.484 e. The number of hydrogen-bond donors (Lipinski definition) is 3. The molecule has 2 aromatic carbocycles. The highest BCUT2D eigenvalue weighted by Crippen LogP contribution is 2.35. The smallest absolute Gasteiger partial charge is 0.262 e. The minimum Gasteiger partial charge on any atom is -0.484 e. The van der Waals surface area contributed by atoms with Crippen molar-refractivity contribution in [2.75, 3.05) is 31.8 Å². The summed E-state index contributed by atoms with van der Waals surface area (Å²) in [6, 6.07) is 11.5. The van der Waals surface area contributed by atoms with Crippen LogP contribution in [0.25, 0.3) is 0 Å². The first kappa shape index (κ1) is 20.0. The second kappa shape index (κ2) is 9.45. The monoisotopic (exact) mass is 399 g/mol.